The van der Waals surface area contributed by atoms with Crippen LogP contribution in [0, 0.1) is 0 Å². The van der Waals surface area contributed by atoms with Crippen LogP contribution < -0.4 is 10.2 Å². The fourth-order valence-electron chi connectivity index (χ4n) is 2.37. The van der Waals surface area contributed by atoms with Gasteiger partial charge >= 0.3 is 6.03 Å². The molecule has 0 aromatic heterocycles. The monoisotopic (exact) mass is 232 g/mol. The quantitative estimate of drug-likeness (QED) is 0.853. The Morgan fingerprint density at radius 2 is 1.94 bits per heavy atom. The highest BCUT2D eigenvalue weighted by molar-refractivity contribution is 5.92. The standard InChI is InChI=1S/C14H20N2O/c1-2-16(13-10-4-3-5-11-13)14(17)15-12-8-6-7-9-12/h3-5,10-12H,2,6-9H2,1H3,(H,15,17). The highest BCUT2D eigenvalue weighted by atomic mass is 16.2. The van der Waals surface area contributed by atoms with Crippen LogP contribution >= 0.6 is 0 Å². The first-order valence-electron chi connectivity index (χ1n) is 6.44. The third kappa shape index (κ3) is 2.99. The van der Waals surface area contributed by atoms with E-state index in [1.165, 1.54) is 12.8 Å². The number of anilines is 1. The van der Waals surface area contributed by atoms with Crippen LogP contribution in [0.15, 0.2) is 30.3 Å². The van der Waals surface area contributed by atoms with E-state index >= 15 is 0 Å². The molecule has 92 valence electrons. The third-order valence-electron chi connectivity index (χ3n) is 3.31. The minimum atomic E-state index is 0.0330. The van der Waals surface area contributed by atoms with Crippen molar-refractivity contribution >= 4 is 11.7 Å². The van der Waals surface area contributed by atoms with Crippen LogP contribution in [0.4, 0.5) is 10.5 Å². The number of benzene rings is 1. The van der Waals surface area contributed by atoms with Gasteiger partial charge in [-0.2, -0.15) is 0 Å². The first kappa shape index (κ1) is 12.0. The summed E-state index contributed by atoms with van der Waals surface area (Å²) < 4.78 is 0. The van der Waals surface area contributed by atoms with Crippen molar-refractivity contribution in [1.82, 2.24) is 5.32 Å². The number of para-hydroxylation sites is 1. The van der Waals surface area contributed by atoms with Gasteiger partial charge in [0, 0.05) is 18.3 Å². The van der Waals surface area contributed by atoms with Crippen LogP contribution in [0.3, 0.4) is 0 Å². The van der Waals surface area contributed by atoms with Crippen molar-refractivity contribution in [3.05, 3.63) is 30.3 Å². The Balaban J connectivity index is 2.00. The summed E-state index contributed by atoms with van der Waals surface area (Å²) >= 11 is 0. The second-order valence-electron chi connectivity index (χ2n) is 4.51. The van der Waals surface area contributed by atoms with Crippen LogP contribution in [0.5, 0.6) is 0 Å². The van der Waals surface area contributed by atoms with E-state index in [2.05, 4.69) is 5.32 Å². The Morgan fingerprint density at radius 3 is 2.53 bits per heavy atom. The molecule has 3 nitrogen and oxygen atoms in total. The molecule has 1 fully saturated rings. The van der Waals surface area contributed by atoms with Crippen molar-refractivity contribution in [1.29, 1.82) is 0 Å². The molecule has 17 heavy (non-hydrogen) atoms. The summed E-state index contributed by atoms with van der Waals surface area (Å²) in [5.41, 5.74) is 0.963. The Hall–Kier alpha value is -1.51. The van der Waals surface area contributed by atoms with Crippen LogP contribution in [-0.2, 0) is 0 Å². The highest BCUT2D eigenvalue weighted by Crippen LogP contribution is 2.19. The van der Waals surface area contributed by atoms with Gasteiger partial charge in [0.15, 0.2) is 0 Å². The summed E-state index contributed by atoms with van der Waals surface area (Å²) in [4.78, 5) is 13.9. The zero-order valence-electron chi connectivity index (χ0n) is 10.4. The lowest BCUT2D eigenvalue weighted by atomic mass is 10.2. The number of rotatable bonds is 3. The smallest absolute Gasteiger partial charge is 0.322 e. The molecule has 0 saturated heterocycles. The van der Waals surface area contributed by atoms with E-state index in [1.807, 2.05) is 37.3 Å². The molecule has 0 unspecified atom stereocenters. The van der Waals surface area contributed by atoms with Crippen LogP contribution in [-0.4, -0.2) is 18.6 Å². The van der Waals surface area contributed by atoms with Gasteiger partial charge in [-0.3, -0.25) is 4.90 Å². The van der Waals surface area contributed by atoms with Crippen molar-refractivity contribution in [2.75, 3.05) is 11.4 Å². The second-order valence-corrected chi connectivity index (χ2v) is 4.51. The van der Waals surface area contributed by atoms with Gasteiger partial charge in [0.1, 0.15) is 0 Å². The lowest BCUT2D eigenvalue weighted by Gasteiger charge is -2.23. The normalized spacial score (nSPS) is 15.8. The van der Waals surface area contributed by atoms with Gasteiger partial charge in [0.05, 0.1) is 0 Å². The SMILES string of the molecule is CCN(C(=O)NC1CCCC1)c1ccccc1. The zero-order chi connectivity index (χ0) is 12.1. The number of amides is 2. The van der Waals surface area contributed by atoms with Crippen LogP contribution in [0.1, 0.15) is 32.6 Å². The molecule has 0 aliphatic heterocycles. The number of nitrogens with one attached hydrogen (secondary N) is 1. The number of urea groups is 1. The number of hydrogen-bond acceptors (Lipinski definition) is 1. The molecule has 0 spiro atoms. The lowest BCUT2D eigenvalue weighted by molar-refractivity contribution is 0.243. The zero-order valence-corrected chi connectivity index (χ0v) is 10.4. The molecule has 0 radical (unpaired) electrons. The van der Waals surface area contributed by atoms with Gasteiger partial charge < -0.3 is 5.32 Å². The molecule has 2 rings (SSSR count). The maximum atomic E-state index is 12.1. The summed E-state index contributed by atoms with van der Waals surface area (Å²) in [5, 5.41) is 3.12. The van der Waals surface area contributed by atoms with Crippen molar-refractivity contribution < 1.29 is 4.79 Å². The molecule has 2 amide bonds. The average Bonchev–Trinajstić information content (AvgIpc) is 2.84. The first-order chi connectivity index (χ1) is 8.31. The Labute approximate surface area is 103 Å². The maximum absolute atomic E-state index is 12.1. The number of nitrogens with zero attached hydrogens (tertiary/aromatic N) is 1. The van der Waals surface area contributed by atoms with E-state index in [1.54, 1.807) is 4.90 Å². The van der Waals surface area contributed by atoms with Crippen LogP contribution in [0.25, 0.3) is 0 Å². The summed E-state index contributed by atoms with van der Waals surface area (Å²) in [5.74, 6) is 0. The van der Waals surface area contributed by atoms with E-state index < -0.39 is 0 Å². The summed E-state index contributed by atoms with van der Waals surface area (Å²) in [6.07, 6.45) is 4.72. The number of carbonyl (C=O) groups is 1. The van der Waals surface area contributed by atoms with Crippen molar-refractivity contribution in [2.45, 2.75) is 38.6 Å². The van der Waals surface area contributed by atoms with Gasteiger partial charge in [-0.25, -0.2) is 4.79 Å². The Morgan fingerprint density at radius 1 is 1.29 bits per heavy atom. The molecule has 0 atom stereocenters. The number of hydrogen-bond donors (Lipinski definition) is 1. The minimum absolute atomic E-state index is 0.0330. The van der Waals surface area contributed by atoms with Crippen molar-refractivity contribution in [3.63, 3.8) is 0 Å². The predicted octanol–water partition coefficient (Wildman–Crippen LogP) is 3.17. The molecular formula is C14H20N2O. The molecule has 0 heterocycles. The average molecular weight is 232 g/mol. The van der Waals surface area contributed by atoms with Gasteiger partial charge in [-0.1, -0.05) is 31.0 Å². The summed E-state index contributed by atoms with van der Waals surface area (Å²) in [6, 6.07) is 10.2. The Kier molecular flexibility index (Phi) is 4.02. The maximum Gasteiger partial charge on any atom is 0.322 e. The molecular weight excluding hydrogens is 212 g/mol. The van der Waals surface area contributed by atoms with Gasteiger partial charge in [-0.05, 0) is 31.9 Å². The van der Waals surface area contributed by atoms with E-state index in [-0.39, 0.29) is 6.03 Å². The van der Waals surface area contributed by atoms with Gasteiger partial charge in [0.25, 0.3) is 0 Å². The molecule has 3 heteroatoms. The predicted molar refractivity (Wildman–Crippen MR) is 70.2 cm³/mol. The van der Waals surface area contributed by atoms with E-state index in [4.69, 9.17) is 0 Å². The highest BCUT2D eigenvalue weighted by Gasteiger charge is 2.20. The van der Waals surface area contributed by atoms with E-state index in [9.17, 15) is 4.79 Å². The molecule has 1 saturated carbocycles. The van der Waals surface area contributed by atoms with Gasteiger partial charge in [0.2, 0.25) is 0 Å². The molecule has 1 aromatic rings. The molecule has 1 aromatic carbocycles. The third-order valence-corrected chi connectivity index (χ3v) is 3.31. The van der Waals surface area contributed by atoms with Crippen molar-refractivity contribution in [3.8, 4) is 0 Å². The lowest BCUT2D eigenvalue weighted by Crippen LogP contribution is -2.44. The fourth-order valence-corrected chi connectivity index (χ4v) is 2.37. The molecule has 1 aliphatic carbocycles. The van der Waals surface area contributed by atoms with E-state index in [0.717, 1.165) is 18.5 Å². The number of carbonyl (C=O) groups excluding carboxylic acids is 1. The first-order valence-corrected chi connectivity index (χ1v) is 6.44. The molecule has 1 aliphatic rings. The Bertz CT molecular complexity index is 358. The minimum Gasteiger partial charge on any atom is -0.335 e. The van der Waals surface area contributed by atoms with Gasteiger partial charge in [-0.15, -0.1) is 0 Å². The summed E-state index contributed by atoms with van der Waals surface area (Å²) in [6.45, 7) is 2.70. The van der Waals surface area contributed by atoms with Crippen LogP contribution in [0.2, 0.25) is 0 Å². The largest absolute Gasteiger partial charge is 0.335 e. The second kappa shape index (κ2) is 5.71. The fraction of sp³-hybridized carbons (Fsp3) is 0.500. The molecule has 0 bridgehead atoms. The van der Waals surface area contributed by atoms with Crippen molar-refractivity contribution in [2.24, 2.45) is 0 Å². The molecule has 1 N–H and O–H groups in total. The topological polar surface area (TPSA) is 32.3 Å². The summed E-state index contributed by atoms with van der Waals surface area (Å²) in [7, 11) is 0. The van der Waals surface area contributed by atoms with E-state index in [0.29, 0.717) is 12.6 Å².